The number of hydrogen-bond donors (Lipinski definition) is 2. The predicted octanol–water partition coefficient (Wildman–Crippen LogP) is 3.41. The van der Waals surface area contributed by atoms with Crippen molar-refractivity contribution in [2.24, 2.45) is 0 Å². The van der Waals surface area contributed by atoms with Crippen molar-refractivity contribution in [3.63, 3.8) is 0 Å². The number of halogens is 1. The quantitative estimate of drug-likeness (QED) is 0.345. The summed E-state index contributed by atoms with van der Waals surface area (Å²) in [6, 6.07) is 5.64. The minimum absolute atomic E-state index is 0.0166. The maximum absolute atomic E-state index is 9.77. The lowest BCUT2D eigenvalue weighted by Gasteiger charge is -2.23. The van der Waals surface area contributed by atoms with E-state index < -0.39 is 0 Å². The topological polar surface area (TPSA) is 111 Å². The Bertz CT molecular complexity index is 1330. The lowest BCUT2D eigenvalue weighted by molar-refractivity contribution is 0.265. The molecule has 1 aliphatic heterocycles. The number of ether oxygens (including phenoxy) is 3. The molecule has 1 aliphatic rings. The molecule has 4 heterocycles. The highest BCUT2D eigenvalue weighted by Gasteiger charge is 2.27. The lowest BCUT2D eigenvalue weighted by atomic mass is 10.2. The van der Waals surface area contributed by atoms with Gasteiger partial charge in [-0.1, -0.05) is 0 Å². The van der Waals surface area contributed by atoms with E-state index in [-0.39, 0.29) is 12.6 Å². The third-order valence-electron chi connectivity index (χ3n) is 6.03. The molecule has 3 aromatic heterocycles. The van der Waals surface area contributed by atoms with Crippen molar-refractivity contribution in [1.29, 1.82) is 0 Å². The molecule has 35 heavy (non-hydrogen) atoms. The van der Waals surface area contributed by atoms with Gasteiger partial charge in [0.25, 0.3) is 0 Å². The first kappa shape index (κ1) is 23.2. The molecular formula is C23H26BrN7O4. The first-order valence-electron chi connectivity index (χ1n) is 11.1. The van der Waals surface area contributed by atoms with E-state index in [4.69, 9.17) is 24.2 Å². The van der Waals surface area contributed by atoms with Crippen LogP contribution >= 0.6 is 15.9 Å². The third kappa shape index (κ3) is 4.34. The number of imidazole rings is 1. The average Bonchev–Trinajstić information content (AvgIpc) is 3.62. The number of aliphatic hydroxyl groups is 1. The van der Waals surface area contributed by atoms with Crippen molar-refractivity contribution < 1.29 is 19.3 Å². The second-order valence-electron chi connectivity index (χ2n) is 8.08. The Kier molecular flexibility index (Phi) is 6.39. The molecule has 184 valence electrons. The first-order valence-corrected chi connectivity index (χ1v) is 11.9. The van der Waals surface area contributed by atoms with Crippen molar-refractivity contribution in [2.75, 3.05) is 44.7 Å². The maximum Gasteiger partial charge on any atom is 0.230 e. The van der Waals surface area contributed by atoms with Gasteiger partial charge in [-0.3, -0.25) is 4.40 Å². The van der Waals surface area contributed by atoms with E-state index in [0.29, 0.717) is 35.0 Å². The number of nitrogens with zero attached hydrogens (tertiary/aromatic N) is 6. The number of anilines is 3. The number of nitrogens with one attached hydrogen (secondary N) is 1. The second kappa shape index (κ2) is 9.62. The highest BCUT2D eigenvalue weighted by Crippen LogP contribution is 2.39. The van der Waals surface area contributed by atoms with Crippen molar-refractivity contribution in [3.05, 3.63) is 41.4 Å². The van der Waals surface area contributed by atoms with Crippen LogP contribution < -0.4 is 24.4 Å². The number of methoxy groups -OCH3 is 3. The Morgan fingerprint density at radius 3 is 2.54 bits per heavy atom. The van der Waals surface area contributed by atoms with Gasteiger partial charge < -0.3 is 34.1 Å². The summed E-state index contributed by atoms with van der Waals surface area (Å²) in [4.78, 5) is 16.1. The highest BCUT2D eigenvalue weighted by atomic mass is 79.9. The number of aliphatic hydroxyl groups excluding tert-OH is 1. The van der Waals surface area contributed by atoms with Gasteiger partial charge in [-0.15, -0.1) is 0 Å². The Balaban J connectivity index is 1.50. The van der Waals surface area contributed by atoms with Crippen LogP contribution in [-0.4, -0.2) is 69.5 Å². The van der Waals surface area contributed by atoms with Gasteiger partial charge in [0.05, 0.1) is 45.9 Å². The maximum atomic E-state index is 9.77. The molecule has 1 saturated heterocycles. The molecule has 12 heteroatoms. The van der Waals surface area contributed by atoms with E-state index in [0.717, 1.165) is 35.2 Å². The SMILES string of the molecule is COc1cc(-n2cnc(Nc3nc(N4CCC[C@H]4CO)nc4cc(Br)cn34)c2)cc(OC)c1OC. The summed E-state index contributed by atoms with van der Waals surface area (Å²) in [5, 5.41) is 13.1. The summed E-state index contributed by atoms with van der Waals surface area (Å²) < 4.78 is 21.0. The Morgan fingerprint density at radius 2 is 1.86 bits per heavy atom. The largest absolute Gasteiger partial charge is 0.493 e. The second-order valence-corrected chi connectivity index (χ2v) is 9.00. The van der Waals surface area contributed by atoms with Gasteiger partial charge in [0.2, 0.25) is 17.6 Å². The molecule has 5 rings (SSSR count). The van der Waals surface area contributed by atoms with Gasteiger partial charge >= 0.3 is 0 Å². The zero-order valence-electron chi connectivity index (χ0n) is 19.6. The zero-order chi connectivity index (χ0) is 24.5. The number of fused-ring (bicyclic) bond motifs is 1. The number of hydrogen-bond acceptors (Lipinski definition) is 9. The Labute approximate surface area is 210 Å². The normalized spacial score (nSPS) is 15.6. The van der Waals surface area contributed by atoms with Crippen LogP contribution in [0.25, 0.3) is 11.3 Å². The Hall–Kier alpha value is -3.51. The highest BCUT2D eigenvalue weighted by molar-refractivity contribution is 9.10. The molecule has 11 nitrogen and oxygen atoms in total. The van der Waals surface area contributed by atoms with Crippen LogP contribution in [0.1, 0.15) is 12.8 Å². The molecular weight excluding hydrogens is 518 g/mol. The predicted molar refractivity (Wildman–Crippen MR) is 135 cm³/mol. The van der Waals surface area contributed by atoms with Gasteiger partial charge in [0.1, 0.15) is 12.0 Å². The van der Waals surface area contributed by atoms with E-state index in [1.165, 1.54) is 0 Å². The molecule has 2 N–H and O–H groups in total. The molecule has 0 saturated carbocycles. The van der Waals surface area contributed by atoms with Crippen molar-refractivity contribution in [3.8, 4) is 22.9 Å². The van der Waals surface area contributed by atoms with Gasteiger partial charge in [0.15, 0.2) is 17.3 Å². The van der Waals surface area contributed by atoms with Crippen LogP contribution in [0.15, 0.2) is 41.4 Å². The average molecular weight is 544 g/mol. The van der Waals surface area contributed by atoms with Crippen LogP contribution in [0.3, 0.4) is 0 Å². The van der Waals surface area contributed by atoms with Crippen LogP contribution in [0.5, 0.6) is 17.2 Å². The standard InChI is InChI=1S/C23H26BrN7O4/c1-33-17-8-16(9-18(34-2)21(17)35-3)29-11-19(25-13-29)26-22-28-23(30-6-4-5-15(30)12-32)27-20-7-14(24)10-31(20)22/h7-11,13,15,32H,4-6,12H2,1-3H3,(H,26,27,28)/t15-/m0/s1. The van der Waals surface area contributed by atoms with Crippen molar-refractivity contribution in [2.45, 2.75) is 18.9 Å². The van der Waals surface area contributed by atoms with Crippen LogP contribution in [0.4, 0.5) is 17.7 Å². The van der Waals surface area contributed by atoms with Crippen LogP contribution in [0, 0.1) is 0 Å². The monoisotopic (exact) mass is 543 g/mol. The summed E-state index contributed by atoms with van der Waals surface area (Å²) in [6.07, 6.45) is 7.34. The lowest BCUT2D eigenvalue weighted by Crippen LogP contribution is -2.33. The molecule has 0 radical (unpaired) electrons. The fourth-order valence-corrected chi connectivity index (χ4v) is 4.73. The number of benzene rings is 1. The summed E-state index contributed by atoms with van der Waals surface area (Å²) in [7, 11) is 4.73. The minimum Gasteiger partial charge on any atom is -0.493 e. The van der Waals surface area contributed by atoms with Crippen LogP contribution in [-0.2, 0) is 0 Å². The summed E-state index contributed by atoms with van der Waals surface area (Å²) >= 11 is 3.53. The van der Waals surface area contributed by atoms with Crippen LogP contribution in [0.2, 0.25) is 0 Å². The molecule has 0 bridgehead atoms. The fourth-order valence-electron chi connectivity index (χ4n) is 4.32. The molecule has 4 aromatic rings. The third-order valence-corrected chi connectivity index (χ3v) is 6.46. The van der Waals surface area contributed by atoms with Crippen molar-refractivity contribution in [1.82, 2.24) is 23.9 Å². The summed E-state index contributed by atoms with van der Waals surface area (Å²) in [6.45, 7) is 0.875. The molecule has 0 unspecified atom stereocenters. The van der Waals surface area contributed by atoms with Gasteiger partial charge in [-0.2, -0.15) is 9.97 Å². The van der Waals surface area contributed by atoms with E-state index in [1.807, 2.05) is 39.6 Å². The fraction of sp³-hybridized carbons (Fsp3) is 0.348. The Morgan fingerprint density at radius 1 is 1.09 bits per heavy atom. The minimum atomic E-state index is 0.0166. The number of rotatable bonds is 8. The smallest absolute Gasteiger partial charge is 0.230 e. The summed E-state index contributed by atoms with van der Waals surface area (Å²) in [5.74, 6) is 3.35. The van der Waals surface area contributed by atoms with Gasteiger partial charge in [-0.25, -0.2) is 4.98 Å². The molecule has 0 spiro atoms. The van der Waals surface area contributed by atoms with E-state index >= 15 is 0 Å². The van der Waals surface area contributed by atoms with E-state index in [2.05, 4.69) is 31.1 Å². The number of aromatic nitrogens is 5. The zero-order valence-corrected chi connectivity index (χ0v) is 21.2. The molecule has 0 aliphatic carbocycles. The first-order chi connectivity index (χ1) is 17.0. The molecule has 1 fully saturated rings. The molecule has 0 amide bonds. The van der Waals surface area contributed by atoms with E-state index in [1.54, 1.807) is 27.7 Å². The van der Waals surface area contributed by atoms with E-state index in [9.17, 15) is 5.11 Å². The van der Waals surface area contributed by atoms with Gasteiger partial charge in [-0.05, 0) is 34.8 Å². The van der Waals surface area contributed by atoms with Gasteiger partial charge in [0, 0.05) is 29.3 Å². The summed E-state index contributed by atoms with van der Waals surface area (Å²) in [5.41, 5.74) is 1.53. The van der Waals surface area contributed by atoms with Crippen molar-refractivity contribution >= 4 is 39.3 Å². The molecule has 1 atom stereocenters. The molecule has 1 aromatic carbocycles.